The smallest absolute Gasteiger partial charge is 0.104 e. The van der Waals surface area contributed by atoms with E-state index in [0.717, 1.165) is 26.1 Å². The maximum Gasteiger partial charge on any atom is 0.104 e. The molecule has 1 atom stereocenters. The van der Waals surface area contributed by atoms with Gasteiger partial charge < -0.3 is 14.2 Å². The molecule has 0 fully saturated rings. The van der Waals surface area contributed by atoms with E-state index in [1.54, 1.807) is 0 Å². The van der Waals surface area contributed by atoms with E-state index >= 15 is 0 Å². The summed E-state index contributed by atoms with van der Waals surface area (Å²) in [5.41, 5.74) is 1.20. The molecule has 0 heterocycles. The van der Waals surface area contributed by atoms with Crippen LogP contribution in [-0.4, -0.2) is 32.5 Å². The first-order valence-corrected chi connectivity index (χ1v) is 9.17. The first-order chi connectivity index (χ1) is 11.4. The van der Waals surface area contributed by atoms with Crippen molar-refractivity contribution in [2.45, 2.75) is 65.1 Å². The van der Waals surface area contributed by atoms with E-state index in [2.05, 4.69) is 26.0 Å². The molecule has 0 amide bonds. The van der Waals surface area contributed by atoms with Gasteiger partial charge in [0, 0.05) is 13.2 Å². The maximum atomic E-state index is 5.94. The Kier molecular flexibility index (Phi) is 12.9. The lowest BCUT2D eigenvalue weighted by atomic mass is 10.2. The Morgan fingerprint density at radius 1 is 0.783 bits per heavy atom. The van der Waals surface area contributed by atoms with Gasteiger partial charge in [0.1, 0.15) is 6.10 Å². The largest absolute Gasteiger partial charge is 0.379 e. The fourth-order valence-electron chi connectivity index (χ4n) is 2.30. The topological polar surface area (TPSA) is 27.7 Å². The SMILES string of the molecule is CCCCCOCC(COCc1ccccc1)OCCCCC. The van der Waals surface area contributed by atoms with Crippen molar-refractivity contribution >= 4 is 0 Å². The Labute approximate surface area is 142 Å². The molecule has 0 aromatic heterocycles. The van der Waals surface area contributed by atoms with Gasteiger partial charge in [-0.25, -0.2) is 0 Å². The molecule has 0 aliphatic rings. The van der Waals surface area contributed by atoms with Crippen molar-refractivity contribution in [1.82, 2.24) is 0 Å². The molecular weight excluding hydrogens is 288 g/mol. The molecule has 3 nitrogen and oxygen atoms in total. The Bertz CT molecular complexity index is 353. The highest BCUT2D eigenvalue weighted by atomic mass is 16.6. The van der Waals surface area contributed by atoms with Gasteiger partial charge in [-0.15, -0.1) is 0 Å². The standard InChI is InChI=1S/C20H34O3/c1-3-5-10-14-21-17-20(23-15-11-6-4-2)18-22-16-19-12-8-7-9-13-19/h7-9,12-13,20H,3-6,10-11,14-18H2,1-2H3. The molecule has 0 saturated heterocycles. The van der Waals surface area contributed by atoms with Crippen LogP contribution < -0.4 is 0 Å². The zero-order chi connectivity index (χ0) is 16.6. The summed E-state index contributed by atoms with van der Waals surface area (Å²) in [6.07, 6.45) is 7.16. The molecule has 0 spiro atoms. The van der Waals surface area contributed by atoms with E-state index < -0.39 is 0 Å². The summed E-state index contributed by atoms with van der Waals surface area (Å²) in [5, 5.41) is 0. The van der Waals surface area contributed by atoms with Crippen LogP contribution in [0.5, 0.6) is 0 Å². The third kappa shape index (κ3) is 11.3. The molecule has 0 N–H and O–H groups in total. The molecule has 1 rings (SSSR count). The molecule has 23 heavy (non-hydrogen) atoms. The summed E-state index contributed by atoms with van der Waals surface area (Å²) >= 11 is 0. The molecule has 0 saturated carbocycles. The van der Waals surface area contributed by atoms with Crippen LogP contribution >= 0.6 is 0 Å². The zero-order valence-corrected chi connectivity index (χ0v) is 15.0. The summed E-state index contributed by atoms with van der Waals surface area (Å²) in [4.78, 5) is 0. The number of hydrogen-bond donors (Lipinski definition) is 0. The molecule has 1 unspecified atom stereocenters. The third-order valence-corrected chi connectivity index (χ3v) is 3.71. The molecule has 132 valence electrons. The summed E-state index contributed by atoms with van der Waals surface area (Å²) in [7, 11) is 0. The van der Waals surface area contributed by atoms with Crippen LogP contribution in [0.4, 0.5) is 0 Å². The monoisotopic (exact) mass is 322 g/mol. The van der Waals surface area contributed by atoms with Crippen LogP contribution in [0.3, 0.4) is 0 Å². The van der Waals surface area contributed by atoms with Crippen LogP contribution in [0, 0.1) is 0 Å². The highest BCUT2D eigenvalue weighted by molar-refractivity contribution is 5.13. The van der Waals surface area contributed by atoms with Gasteiger partial charge in [-0.3, -0.25) is 0 Å². The molecule has 0 aliphatic carbocycles. The predicted octanol–water partition coefficient (Wildman–Crippen LogP) is 4.99. The summed E-state index contributed by atoms with van der Waals surface area (Å²) < 4.78 is 17.5. The van der Waals surface area contributed by atoms with Gasteiger partial charge in [-0.05, 0) is 18.4 Å². The molecule has 3 heteroatoms. The molecular formula is C20H34O3. The summed E-state index contributed by atoms with van der Waals surface area (Å²) in [6.45, 7) is 7.88. The van der Waals surface area contributed by atoms with Gasteiger partial charge in [-0.2, -0.15) is 0 Å². The van der Waals surface area contributed by atoms with Gasteiger partial charge in [-0.1, -0.05) is 69.9 Å². The summed E-state index contributed by atoms with van der Waals surface area (Å²) in [6, 6.07) is 10.3. The highest BCUT2D eigenvalue weighted by Crippen LogP contribution is 2.05. The fraction of sp³-hybridized carbons (Fsp3) is 0.700. The molecule has 0 radical (unpaired) electrons. The number of hydrogen-bond acceptors (Lipinski definition) is 3. The molecule has 0 aliphatic heterocycles. The van der Waals surface area contributed by atoms with Gasteiger partial charge in [0.2, 0.25) is 0 Å². The maximum absolute atomic E-state index is 5.94. The van der Waals surface area contributed by atoms with Gasteiger partial charge in [0.05, 0.1) is 19.8 Å². The highest BCUT2D eigenvalue weighted by Gasteiger charge is 2.10. The molecule has 1 aromatic carbocycles. The van der Waals surface area contributed by atoms with E-state index in [0.29, 0.717) is 19.8 Å². The second-order valence-electron chi connectivity index (χ2n) is 5.98. The fourth-order valence-corrected chi connectivity index (χ4v) is 2.30. The van der Waals surface area contributed by atoms with E-state index in [1.807, 2.05) is 18.2 Å². The van der Waals surface area contributed by atoms with Crippen LogP contribution in [0.25, 0.3) is 0 Å². The first-order valence-electron chi connectivity index (χ1n) is 9.17. The third-order valence-electron chi connectivity index (χ3n) is 3.71. The van der Waals surface area contributed by atoms with Gasteiger partial charge in [0.25, 0.3) is 0 Å². The van der Waals surface area contributed by atoms with Crippen LogP contribution in [0.2, 0.25) is 0 Å². The van der Waals surface area contributed by atoms with Gasteiger partial charge >= 0.3 is 0 Å². The number of rotatable bonds is 15. The van der Waals surface area contributed by atoms with E-state index in [1.165, 1.54) is 31.2 Å². The Balaban J connectivity index is 2.22. The van der Waals surface area contributed by atoms with Gasteiger partial charge in [0.15, 0.2) is 0 Å². The Morgan fingerprint density at radius 2 is 1.43 bits per heavy atom. The van der Waals surface area contributed by atoms with Crippen molar-refractivity contribution in [2.24, 2.45) is 0 Å². The van der Waals surface area contributed by atoms with Crippen molar-refractivity contribution in [1.29, 1.82) is 0 Å². The second-order valence-corrected chi connectivity index (χ2v) is 5.98. The summed E-state index contributed by atoms with van der Waals surface area (Å²) in [5.74, 6) is 0. The molecule has 1 aromatic rings. The van der Waals surface area contributed by atoms with Crippen LogP contribution in [0.15, 0.2) is 30.3 Å². The van der Waals surface area contributed by atoms with Crippen molar-refractivity contribution in [3.8, 4) is 0 Å². The predicted molar refractivity (Wildman–Crippen MR) is 95.7 cm³/mol. The average molecular weight is 322 g/mol. The normalized spacial score (nSPS) is 12.4. The lowest BCUT2D eigenvalue weighted by molar-refractivity contribution is -0.0644. The lowest BCUT2D eigenvalue weighted by Gasteiger charge is -2.18. The quantitative estimate of drug-likeness (QED) is 0.426. The second kappa shape index (κ2) is 14.7. The number of benzene rings is 1. The number of ether oxygens (including phenoxy) is 3. The van der Waals surface area contributed by atoms with Crippen molar-refractivity contribution in [3.05, 3.63) is 35.9 Å². The minimum absolute atomic E-state index is 0.0391. The van der Waals surface area contributed by atoms with E-state index in [4.69, 9.17) is 14.2 Å². The van der Waals surface area contributed by atoms with Crippen molar-refractivity contribution in [2.75, 3.05) is 26.4 Å². The van der Waals surface area contributed by atoms with Crippen LogP contribution in [-0.2, 0) is 20.8 Å². The lowest BCUT2D eigenvalue weighted by Crippen LogP contribution is -2.26. The zero-order valence-electron chi connectivity index (χ0n) is 15.0. The minimum Gasteiger partial charge on any atom is -0.379 e. The minimum atomic E-state index is 0.0391. The average Bonchev–Trinajstić information content (AvgIpc) is 2.59. The van der Waals surface area contributed by atoms with E-state index in [9.17, 15) is 0 Å². The van der Waals surface area contributed by atoms with E-state index in [-0.39, 0.29) is 6.10 Å². The van der Waals surface area contributed by atoms with Crippen molar-refractivity contribution < 1.29 is 14.2 Å². The van der Waals surface area contributed by atoms with Crippen LogP contribution in [0.1, 0.15) is 57.9 Å². The Morgan fingerprint density at radius 3 is 2.13 bits per heavy atom. The van der Waals surface area contributed by atoms with Crippen molar-refractivity contribution in [3.63, 3.8) is 0 Å². The first kappa shape index (κ1) is 20.1. The Hall–Kier alpha value is -0.900. The molecule has 0 bridgehead atoms. The number of unbranched alkanes of at least 4 members (excludes halogenated alkanes) is 4.